The maximum Gasteiger partial charge on any atom is 0.182 e. The highest BCUT2D eigenvalue weighted by Gasteiger charge is 2.37. The normalized spacial score (nSPS) is 13.4. The molecule has 0 saturated carbocycles. The van der Waals surface area contributed by atoms with Crippen LogP contribution in [-0.4, -0.2) is 28.0 Å². The number of nitrogens with zero attached hydrogens (tertiary/aromatic N) is 4. The number of benzene rings is 3. The molecule has 0 bridgehead atoms. The fourth-order valence-electron chi connectivity index (χ4n) is 4.67. The van der Waals surface area contributed by atoms with Crippen LogP contribution in [0, 0.1) is 0 Å². The maximum atomic E-state index is 4.89. The first-order valence-electron chi connectivity index (χ1n) is 11.1. The van der Waals surface area contributed by atoms with Crippen LogP contribution in [0.3, 0.4) is 0 Å². The molecule has 5 aromatic rings. The van der Waals surface area contributed by atoms with Crippen LogP contribution in [-0.2, 0) is 0 Å². The monoisotopic (exact) mass is 442 g/mol. The van der Waals surface area contributed by atoms with Gasteiger partial charge in [0.2, 0.25) is 0 Å². The molecule has 0 amide bonds. The van der Waals surface area contributed by atoms with Crippen LogP contribution in [0.4, 0.5) is 0 Å². The number of hydrogen-bond donors (Lipinski definition) is 0. The molecule has 0 unspecified atom stereocenters. The van der Waals surface area contributed by atoms with Crippen molar-refractivity contribution in [3.63, 3.8) is 0 Å². The van der Waals surface area contributed by atoms with E-state index in [9.17, 15) is 0 Å². The first kappa shape index (κ1) is 19.7. The lowest BCUT2D eigenvalue weighted by molar-refractivity contribution is 1.06. The van der Waals surface area contributed by atoms with Crippen molar-refractivity contribution in [2.24, 2.45) is 0 Å². The number of aromatic nitrogens is 4. The van der Waals surface area contributed by atoms with E-state index >= 15 is 0 Å². The Morgan fingerprint density at radius 3 is 2.00 bits per heavy atom. The molecule has 0 saturated heterocycles. The molecule has 3 heterocycles. The van der Waals surface area contributed by atoms with E-state index in [0.29, 0.717) is 17.5 Å². The number of fused-ring (bicyclic) bond motifs is 3. The maximum absolute atomic E-state index is 4.89. The summed E-state index contributed by atoms with van der Waals surface area (Å²) >= 11 is 0. The van der Waals surface area contributed by atoms with E-state index in [0.717, 1.165) is 16.8 Å². The van der Waals surface area contributed by atoms with E-state index in [4.69, 9.17) is 15.0 Å². The van der Waals surface area contributed by atoms with E-state index in [1.807, 2.05) is 48.5 Å². The Kier molecular flexibility index (Phi) is 4.52. The van der Waals surface area contributed by atoms with Crippen molar-refractivity contribution in [1.29, 1.82) is 0 Å². The molecule has 158 valence electrons. The highest BCUT2D eigenvalue weighted by atomic mass is 28.3. The lowest BCUT2D eigenvalue weighted by Crippen LogP contribution is -2.49. The first-order valence-corrected chi connectivity index (χ1v) is 14.1. The van der Waals surface area contributed by atoms with Crippen LogP contribution >= 0.6 is 0 Å². The topological polar surface area (TPSA) is 51.6 Å². The molecule has 4 nitrogen and oxygen atoms in total. The van der Waals surface area contributed by atoms with E-state index in [-0.39, 0.29) is 0 Å². The second-order valence-corrected chi connectivity index (χ2v) is 13.1. The number of rotatable bonds is 3. The lowest BCUT2D eigenvalue weighted by atomic mass is 10.0. The van der Waals surface area contributed by atoms with Gasteiger partial charge in [-0.15, -0.1) is 0 Å². The molecule has 3 aromatic carbocycles. The van der Waals surface area contributed by atoms with Crippen molar-refractivity contribution < 1.29 is 0 Å². The van der Waals surface area contributed by atoms with E-state index < -0.39 is 8.07 Å². The minimum Gasteiger partial charge on any atom is -0.253 e. The number of pyridine rings is 1. The highest BCUT2D eigenvalue weighted by Crippen LogP contribution is 2.31. The van der Waals surface area contributed by atoms with Gasteiger partial charge in [-0.1, -0.05) is 92.0 Å². The van der Waals surface area contributed by atoms with Gasteiger partial charge in [-0.3, -0.25) is 4.98 Å². The molecular weight excluding hydrogens is 420 g/mol. The van der Waals surface area contributed by atoms with Crippen LogP contribution in [0.25, 0.3) is 45.4 Å². The average Bonchev–Trinajstić information content (AvgIpc) is 3.11. The van der Waals surface area contributed by atoms with Gasteiger partial charge in [-0.25, -0.2) is 15.0 Å². The SMILES string of the molecule is C[Si]1(C)c2ccccc2-c2ccc(-c3nc(-c4ccccc4)nc(-c4ccccn4)n3)cc21. The Balaban J connectivity index is 1.54. The highest BCUT2D eigenvalue weighted by molar-refractivity contribution is 7.03. The van der Waals surface area contributed by atoms with Crippen LogP contribution < -0.4 is 10.4 Å². The molecule has 0 atom stereocenters. The van der Waals surface area contributed by atoms with Crippen LogP contribution in [0.2, 0.25) is 13.1 Å². The van der Waals surface area contributed by atoms with Gasteiger partial charge in [0, 0.05) is 17.3 Å². The van der Waals surface area contributed by atoms with Crippen molar-refractivity contribution in [3.05, 3.63) is 97.2 Å². The molecule has 5 heteroatoms. The summed E-state index contributed by atoms with van der Waals surface area (Å²) in [5.41, 5.74) is 5.42. The largest absolute Gasteiger partial charge is 0.253 e. The second-order valence-electron chi connectivity index (χ2n) is 8.82. The van der Waals surface area contributed by atoms with E-state index in [2.05, 4.69) is 60.5 Å². The summed E-state index contributed by atoms with van der Waals surface area (Å²) in [4.78, 5) is 19.0. The molecule has 33 heavy (non-hydrogen) atoms. The summed E-state index contributed by atoms with van der Waals surface area (Å²) in [6.07, 6.45) is 1.77. The summed E-state index contributed by atoms with van der Waals surface area (Å²) in [6, 6.07) is 31.3. The van der Waals surface area contributed by atoms with Gasteiger partial charge in [0.15, 0.2) is 17.5 Å². The predicted octanol–water partition coefficient (Wildman–Crippen LogP) is 5.07. The summed E-state index contributed by atoms with van der Waals surface area (Å²) in [5, 5.41) is 2.93. The van der Waals surface area contributed by atoms with Crippen LogP contribution in [0.1, 0.15) is 0 Å². The molecule has 0 N–H and O–H groups in total. The summed E-state index contributed by atoms with van der Waals surface area (Å²) in [6.45, 7) is 4.84. The molecule has 0 spiro atoms. The summed E-state index contributed by atoms with van der Waals surface area (Å²) < 4.78 is 0. The molecule has 6 rings (SSSR count). The molecule has 1 aliphatic rings. The van der Waals surface area contributed by atoms with Crippen molar-refractivity contribution in [2.45, 2.75) is 13.1 Å². The van der Waals surface area contributed by atoms with Crippen molar-refractivity contribution in [1.82, 2.24) is 19.9 Å². The Morgan fingerprint density at radius 1 is 0.545 bits per heavy atom. The fraction of sp³-hybridized carbons (Fsp3) is 0.0714. The standard InChI is InChI=1S/C28H22N4Si/c1-33(2)24-14-7-6-12-21(24)22-16-15-20(18-25(22)33)27-30-26(19-10-4-3-5-11-19)31-28(32-27)23-13-8-9-17-29-23/h3-18H,1-2H3. The Bertz CT molecular complexity index is 1420. The van der Waals surface area contributed by atoms with Gasteiger partial charge in [-0.2, -0.15) is 0 Å². The second kappa shape index (κ2) is 7.57. The molecule has 1 aliphatic heterocycles. The number of hydrogen-bond acceptors (Lipinski definition) is 4. The first-order chi connectivity index (χ1) is 16.1. The van der Waals surface area contributed by atoms with Crippen LogP contribution in [0.15, 0.2) is 97.2 Å². The third-order valence-corrected chi connectivity index (χ3v) is 9.95. The Labute approximate surface area is 194 Å². The summed E-state index contributed by atoms with van der Waals surface area (Å²) in [7, 11) is -1.78. The third kappa shape index (κ3) is 3.29. The molecule has 0 radical (unpaired) electrons. The Hall–Kier alpha value is -3.96. The van der Waals surface area contributed by atoms with E-state index in [1.54, 1.807) is 6.20 Å². The minimum atomic E-state index is -1.78. The van der Waals surface area contributed by atoms with Crippen LogP contribution in [0.5, 0.6) is 0 Å². The smallest absolute Gasteiger partial charge is 0.182 e. The van der Waals surface area contributed by atoms with Crippen molar-refractivity contribution >= 4 is 18.4 Å². The van der Waals surface area contributed by atoms with Gasteiger partial charge in [0.1, 0.15) is 13.8 Å². The predicted molar refractivity (Wildman–Crippen MR) is 136 cm³/mol. The zero-order chi connectivity index (χ0) is 22.4. The van der Waals surface area contributed by atoms with Gasteiger partial charge in [0.25, 0.3) is 0 Å². The van der Waals surface area contributed by atoms with Crippen molar-refractivity contribution in [2.75, 3.05) is 0 Å². The zero-order valence-corrected chi connectivity index (χ0v) is 19.5. The Morgan fingerprint density at radius 2 is 1.21 bits per heavy atom. The lowest BCUT2D eigenvalue weighted by Gasteiger charge is -2.19. The van der Waals surface area contributed by atoms with Gasteiger partial charge >= 0.3 is 0 Å². The van der Waals surface area contributed by atoms with Gasteiger partial charge < -0.3 is 0 Å². The van der Waals surface area contributed by atoms with E-state index in [1.165, 1.54) is 21.5 Å². The summed E-state index contributed by atoms with van der Waals surface area (Å²) in [5.74, 6) is 1.91. The average molecular weight is 443 g/mol. The zero-order valence-electron chi connectivity index (χ0n) is 18.5. The fourth-order valence-corrected chi connectivity index (χ4v) is 7.78. The molecule has 0 fully saturated rings. The minimum absolute atomic E-state index is 0.583. The molecule has 2 aromatic heterocycles. The molecule has 0 aliphatic carbocycles. The van der Waals surface area contributed by atoms with Crippen molar-refractivity contribution in [3.8, 4) is 45.4 Å². The third-order valence-electron chi connectivity index (χ3n) is 6.40. The van der Waals surface area contributed by atoms with Gasteiger partial charge in [-0.05, 0) is 33.6 Å². The quantitative estimate of drug-likeness (QED) is 0.366. The molecular formula is C28H22N4Si. The van der Waals surface area contributed by atoms with Gasteiger partial charge in [0.05, 0.1) is 0 Å².